The molecule has 15 heavy (non-hydrogen) atoms. The summed E-state index contributed by atoms with van der Waals surface area (Å²) in [6.45, 7) is 0. The van der Waals surface area contributed by atoms with E-state index in [0.717, 1.165) is 6.07 Å². The summed E-state index contributed by atoms with van der Waals surface area (Å²) in [5.41, 5.74) is -0.364. The van der Waals surface area contributed by atoms with Gasteiger partial charge in [-0.1, -0.05) is 0 Å². The van der Waals surface area contributed by atoms with Crippen LogP contribution in [0.25, 0.3) is 0 Å². The molecular weight excluding hydrogens is 386 g/mol. The topological polar surface area (TPSA) is 23.8 Å². The predicted octanol–water partition coefficient (Wildman–Crippen LogP) is 4.14. The van der Waals surface area contributed by atoms with E-state index in [1.54, 1.807) is 28.7 Å². The maximum atomic E-state index is 12.5. The first-order chi connectivity index (χ1) is 6.86. The van der Waals surface area contributed by atoms with E-state index in [2.05, 4.69) is 15.9 Å². The van der Waals surface area contributed by atoms with Crippen molar-refractivity contribution >= 4 is 38.5 Å². The monoisotopic (exact) mass is 389 g/mol. The van der Waals surface area contributed by atoms with Crippen LogP contribution >= 0.6 is 38.5 Å². The van der Waals surface area contributed by atoms with Gasteiger partial charge in [0.15, 0.2) is 0 Å². The molecule has 0 atom stereocenters. The lowest BCUT2D eigenvalue weighted by Crippen LogP contribution is -2.08. The molecule has 0 radical (unpaired) electrons. The van der Waals surface area contributed by atoms with Gasteiger partial charge >= 0.3 is 6.18 Å². The van der Waals surface area contributed by atoms with Crippen LogP contribution in [-0.4, -0.2) is 0 Å². The molecule has 0 aliphatic rings. The summed E-state index contributed by atoms with van der Waals surface area (Å²) in [7, 11) is 0. The molecule has 0 spiro atoms. The molecule has 0 heterocycles. The molecule has 0 unspecified atom stereocenters. The fraction of sp³-hybridized carbons (Fsp3) is 0.222. The van der Waals surface area contributed by atoms with Crippen molar-refractivity contribution < 1.29 is 13.2 Å². The van der Waals surface area contributed by atoms with E-state index in [9.17, 15) is 13.2 Å². The lowest BCUT2D eigenvalue weighted by atomic mass is 10.1. The van der Waals surface area contributed by atoms with Gasteiger partial charge in [-0.2, -0.15) is 18.4 Å². The number of hydrogen-bond donors (Lipinski definition) is 0. The molecule has 0 bridgehead atoms. The second-order valence-corrected chi connectivity index (χ2v) is 4.73. The van der Waals surface area contributed by atoms with Crippen LogP contribution in [0.3, 0.4) is 0 Å². The largest absolute Gasteiger partial charge is 0.417 e. The maximum absolute atomic E-state index is 12.5. The predicted molar refractivity (Wildman–Crippen MR) is 61.2 cm³/mol. The first-order valence-corrected chi connectivity index (χ1v) is 5.65. The molecule has 0 saturated carbocycles. The second-order valence-electron chi connectivity index (χ2n) is 2.77. The van der Waals surface area contributed by atoms with E-state index in [1.807, 2.05) is 6.07 Å². The highest BCUT2D eigenvalue weighted by molar-refractivity contribution is 14.1. The van der Waals surface area contributed by atoms with Gasteiger partial charge in [-0.15, -0.1) is 0 Å². The molecule has 80 valence electrons. The van der Waals surface area contributed by atoms with E-state index in [-0.39, 0.29) is 10.9 Å². The molecule has 0 aliphatic carbocycles. The van der Waals surface area contributed by atoms with Crippen molar-refractivity contribution in [2.75, 3.05) is 0 Å². The number of nitrogens with zero attached hydrogens (tertiary/aromatic N) is 1. The van der Waals surface area contributed by atoms with Crippen LogP contribution in [0.1, 0.15) is 11.1 Å². The molecule has 1 aromatic rings. The number of alkyl halides is 3. The quantitative estimate of drug-likeness (QED) is 0.662. The van der Waals surface area contributed by atoms with E-state index < -0.39 is 11.7 Å². The molecule has 0 aliphatic heterocycles. The van der Waals surface area contributed by atoms with Crippen molar-refractivity contribution in [1.82, 2.24) is 0 Å². The third-order valence-electron chi connectivity index (χ3n) is 1.68. The molecule has 0 fully saturated rings. The summed E-state index contributed by atoms with van der Waals surface area (Å²) >= 11 is 4.69. The minimum Gasteiger partial charge on any atom is -0.198 e. The average Bonchev–Trinajstić information content (AvgIpc) is 2.09. The van der Waals surface area contributed by atoms with Crippen LogP contribution in [0.2, 0.25) is 0 Å². The van der Waals surface area contributed by atoms with E-state index in [1.165, 1.54) is 0 Å². The summed E-state index contributed by atoms with van der Waals surface area (Å²) in [5, 5.41) is 8.43. The van der Waals surface area contributed by atoms with Gasteiger partial charge in [-0.25, -0.2) is 0 Å². The third-order valence-corrected chi connectivity index (χ3v) is 4.12. The zero-order valence-electron chi connectivity index (χ0n) is 7.20. The number of rotatable bonds is 1. The van der Waals surface area contributed by atoms with Crippen molar-refractivity contribution in [2.45, 2.75) is 12.6 Å². The van der Waals surface area contributed by atoms with E-state index >= 15 is 0 Å². The van der Waals surface area contributed by atoms with Crippen LogP contribution in [0, 0.1) is 14.9 Å². The fourth-order valence-corrected chi connectivity index (χ4v) is 2.19. The van der Waals surface area contributed by atoms with Gasteiger partial charge in [0, 0.05) is 8.04 Å². The fourth-order valence-electron chi connectivity index (χ4n) is 1.04. The molecule has 1 rings (SSSR count). The Hall–Kier alpha value is -0.290. The summed E-state index contributed by atoms with van der Waals surface area (Å²) < 4.78 is 38.1. The Morgan fingerprint density at radius 1 is 1.40 bits per heavy atom. The first kappa shape index (κ1) is 12.8. The second kappa shape index (κ2) is 4.70. The lowest BCUT2D eigenvalue weighted by Gasteiger charge is -2.11. The highest BCUT2D eigenvalue weighted by atomic mass is 127. The van der Waals surface area contributed by atoms with Crippen LogP contribution in [0.4, 0.5) is 13.2 Å². The normalized spacial score (nSPS) is 11.2. The van der Waals surface area contributed by atoms with Gasteiger partial charge in [-0.05, 0) is 56.2 Å². The van der Waals surface area contributed by atoms with Crippen LogP contribution < -0.4 is 0 Å². The van der Waals surface area contributed by atoms with Gasteiger partial charge < -0.3 is 0 Å². The van der Waals surface area contributed by atoms with Crippen LogP contribution in [-0.2, 0) is 12.6 Å². The number of nitriles is 1. The van der Waals surface area contributed by atoms with E-state index in [4.69, 9.17) is 5.26 Å². The highest BCUT2D eigenvalue weighted by Crippen LogP contribution is 2.37. The molecule has 6 heteroatoms. The van der Waals surface area contributed by atoms with Crippen molar-refractivity contribution in [1.29, 1.82) is 5.26 Å². The molecule has 1 aromatic carbocycles. The van der Waals surface area contributed by atoms with Gasteiger partial charge in [-0.3, -0.25) is 0 Å². The lowest BCUT2D eigenvalue weighted by molar-refractivity contribution is -0.138. The SMILES string of the molecule is N#CCc1cc(I)c(Br)c(C(F)(F)F)c1. The van der Waals surface area contributed by atoms with Gasteiger partial charge in [0.05, 0.1) is 18.1 Å². The van der Waals surface area contributed by atoms with Crippen molar-refractivity contribution in [3.63, 3.8) is 0 Å². The smallest absolute Gasteiger partial charge is 0.198 e. The Morgan fingerprint density at radius 2 is 2.00 bits per heavy atom. The summed E-state index contributed by atoms with van der Waals surface area (Å²) in [6, 6.07) is 4.38. The molecular formula is C9H4BrF3IN. The zero-order chi connectivity index (χ0) is 11.6. The van der Waals surface area contributed by atoms with Crippen LogP contribution in [0.5, 0.6) is 0 Å². The van der Waals surface area contributed by atoms with Gasteiger partial charge in [0.25, 0.3) is 0 Å². The zero-order valence-corrected chi connectivity index (χ0v) is 10.9. The molecule has 0 saturated heterocycles. The number of hydrogen-bond acceptors (Lipinski definition) is 1. The Labute approximate surface area is 107 Å². The van der Waals surface area contributed by atoms with Gasteiger partial charge in [0.2, 0.25) is 0 Å². The van der Waals surface area contributed by atoms with E-state index in [0.29, 0.717) is 9.13 Å². The van der Waals surface area contributed by atoms with Crippen molar-refractivity contribution in [2.24, 2.45) is 0 Å². The minimum absolute atomic E-state index is 0.0215. The molecule has 0 amide bonds. The number of benzene rings is 1. The average molecular weight is 390 g/mol. The Kier molecular flexibility index (Phi) is 4.00. The summed E-state index contributed by atoms with van der Waals surface area (Å²) in [6.07, 6.45) is -4.42. The first-order valence-electron chi connectivity index (χ1n) is 3.78. The summed E-state index contributed by atoms with van der Waals surface area (Å²) in [4.78, 5) is 0. The Balaban J connectivity index is 3.33. The third kappa shape index (κ3) is 3.08. The molecule has 0 N–H and O–H groups in total. The maximum Gasteiger partial charge on any atom is 0.417 e. The van der Waals surface area contributed by atoms with Gasteiger partial charge in [0.1, 0.15) is 0 Å². The molecule has 0 aromatic heterocycles. The van der Waals surface area contributed by atoms with Crippen molar-refractivity contribution in [3.05, 3.63) is 31.3 Å². The van der Waals surface area contributed by atoms with Crippen molar-refractivity contribution in [3.8, 4) is 6.07 Å². The molecule has 1 nitrogen and oxygen atoms in total. The Bertz CT molecular complexity index is 423. The van der Waals surface area contributed by atoms with Crippen LogP contribution in [0.15, 0.2) is 16.6 Å². The number of halogens is 5. The summed E-state index contributed by atoms with van der Waals surface area (Å²) in [5.74, 6) is 0. The Morgan fingerprint density at radius 3 is 2.47 bits per heavy atom. The standard InChI is InChI=1S/C9H4BrF3IN/c10-8-6(9(11,12)13)3-5(1-2-15)4-7(8)14/h3-4H,1H2. The highest BCUT2D eigenvalue weighted by Gasteiger charge is 2.34. The minimum atomic E-state index is -4.40.